The summed E-state index contributed by atoms with van der Waals surface area (Å²) in [6.45, 7) is 9.67. The van der Waals surface area contributed by atoms with Crippen LogP contribution < -0.4 is 5.32 Å². The molecule has 0 radical (unpaired) electrons. The van der Waals surface area contributed by atoms with Crippen LogP contribution in [0.3, 0.4) is 0 Å². The van der Waals surface area contributed by atoms with Crippen LogP contribution in [-0.2, 0) is 6.54 Å². The molecule has 86 valence electrons. The first kappa shape index (κ1) is 12.3. The van der Waals surface area contributed by atoms with Crippen molar-refractivity contribution >= 4 is 0 Å². The van der Waals surface area contributed by atoms with Crippen molar-refractivity contribution in [3.8, 4) is 0 Å². The fourth-order valence-electron chi connectivity index (χ4n) is 1.98. The van der Waals surface area contributed by atoms with Gasteiger partial charge in [0, 0.05) is 5.54 Å². The molecule has 0 unspecified atom stereocenters. The molecule has 0 aliphatic carbocycles. The van der Waals surface area contributed by atoms with E-state index in [1.807, 2.05) is 6.07 Å². The summed E-state index contributed by atoms with van der Waals surface area (Å²) in [5.41, 5.74) is 1.51. The highest BCUT2D eigenvalue weighted by molar-refractivity contribution is 5.14. The Labute approximate surface area is 93.1 Å². The molecule has 1 aromatic heterocycles. The molecular weight excluding hydrogens is 186 g/mol. The summed E-state index contributed by atoms with van der Waals surface area (Å²) < 4.78 is 5.43. The van der Waals surface area contributed by atoms with Gasteiger partial charge in [0.05, 0.1) is 12.8 Å². The van der Waals surface area contributed by atoms with Crippen LogP contribution in [0.2, 0.25) is 0 Å². The predicted octanol–water partition coefficient (Wildman–Crippen LogP) is 3.65. The zero-order valence-corrected chi connectivity index (χ0v) is 10.4. The van der Waals surface area contributed by atoms with E-state index in [9.17, 15) is 0 Å². The molecule has 0 atom stereocenters. The molecule has 0 aliphatic heterocycles. The molecule has 1 rings (SSSR count). The molecule has 0 aromatic carbocycles. The molecule has 0 aliphatic rings. The third kappa shape index (κ3) is 2.85. The predicted molar refractivity (Wildman–Crippen MR) is 63.9 cm³/mol. The Morgan fingerprint density at radius 1 is 1.20 bits per heavy atom. The molecule has 0 fully saturated rings. The smallest absolute Gasteiger partial charge is 0.120 e. The van der Waals surface area contributed by atoms with Crippen molar-refractivity contribution in [1.82, 2.24) is 5.32 Å². The molecule has 15 heavy (non-hydrogen) atoms. The fourth-order valence-corrected chi connectivity index (χ4v) is 1.98. The van der Waals surface area contributed by atoms with Gasteiger partial charge in [0.15, 0.2) is 0 Å². The maximum absolute atomic E-state index is 5.43. The average molecular weight is 209 g/mol. The normalized spacial score (nSPS) is 12.0. The Morgan fingerprint density at radius 3 is 2.20 bits per heavy atom. The van der Waals surface area contributed by atoms with Crippen molar-refractivity contribution in [2.45, 2.75) is 59.0 Å². The van der Waals surface area contributed by atoms with E-state index in [0.29, 0.717) is 0 Å². The molecule has 0 saturated carbocycles. The monoisotopic (exact) mass is 209 g/mol. The van der Waals surface area contributed by atoms with Gasteiger partial charge >= 0.3 is 0 Å². The van der Waals surface area contributed by atoms with Crippen LogP contribution in [-0.4, -0.2) is 5.54 Å². The van der Waals surface area contributed by atoms with E-state index in [2.05, 4.69) is 33.0 Å². The van der Waals surface area contributed by atoms with Crippen molar-refractivity contribution in [2.75, 3.05) is 0 Å². The number of nitrogens with one attached hydrogen (secondary N) is 1. The minimum absolute atomic E-state index is 0.277. The summed E-state index contributed by atoms with van der Waals surface area (Å²) in [4.78, 5) is 0. The van der Waals surface area contributed by atoms with Gasteiger partial charge in [0.2, 0.25) is 0 Å². The maximum atomic E-state index is 5.43. The quantitative estimate of drug-likeness (QED) is 0.773. The molecule has 0 saturated heterocycles. The van der Waals surface area contributed by atoms with E-state index < -0.39 is 0 Å². The second-order valence-corrected chi connectivity index (χ2v) is 4.22. The lowest BCUT2D eigenvalue weighted by Gasteiger charge is -2.31. The van der Waals surface area contributed by atoms with Crippen molar-refractivity contribution < 1.29 is 4.42 Å². The van der Waals surface area contributed by atoms with Gasteiger partial charge in [0.25, 0.3) is 0 Å². The molecule has 1 aromatic rings. The minimum atomic E-state index is 0.277. The number of hydrogen-bond donors (Lipinski definition) is 1. The fraction of sp³-hybridized carbons (Fsp3) is 0.692. The maximum Gasteiger partial charge on any atom is 0.120 e. The lowest BCUT2D eigenvalue weighted by molar-refractivity contribution is 0.277. The Morgan fingerprint density at radius 2 is 1.80 bits per heavy atom. The Bertz CT molecular complexity index is 278. The molecule has 0 amide bonds. The molecule has 1 heterocycles. The van der Waals surface area contributed by atoms with Gasteiger partial charge in [-0.05, 0) is 37.8 Å². The van der Waals surface area contributed by atoms with Crippen molar-refractivity contribution in [1.29, 1.82) is 0 Å². The highest BCUT2D eigenvalue weighted by Crippen LogP contribution is 2.20. The van der Waals surface area contributed by atoms with E-state index in [0.717, 1.165) is 12.3 Å². The van der Waals surface area contributed by atoms with Gasteiger partial charge in [0.1, 0.15) is 5.76 Å². The standard InChI is InChI=1S/C13H23NO/c1-5-13(6-2,7-3)14-10-12-11(4)8-9-15-12/h8-9,14H,5-7,10H2,1-4H3. The second kappa shape index (κ2) is 5.36. The van der Waals surface area contributed by atoms with Crippen molar-refractivity contribution in [2.24, 2.45) is 0 Å². The average Bonchev–Trinajstić information content (AvgIpc) is 2.67. The highest BCUT2D eigenvalue weighted by Gasteiger charge is 2.23. The van der Waals surface area contributed by atoms with Crippen LogP contribution in [0.1, 0.15) is 51.4 Å². The number of hydrogen-bond acceptors (Lipinski definition) is 2. The van der Waals surface area contributed by atoms with Crippen LogP contribution in [0.25, 0.3) is 0 Å². The SMILES string of the molecule is CCC(CC)(CC)NCc1occc1C. The summed E-state index contributed by atoms with van der Waals surface area (Å²) in [7, 11) is 0. The van der Waals surface area contributed by atoms with E-state index in [1.54, 1.807) is 6.26 Å². The summed E-state index contributed by atoms with van der Waals surface area (Å²) in [6.07, 6.45) is 5.26. The van der Waals surface area contributed by atoms with Crippen molar-refractivity contribution in [3.63, 3.8) is 0 Å². The third-order valence-electron chi connectivity index (χ3n) is 3.62. The van der Waals surface area contributed by atoms with Crippen LogP contribution in [0.5, 0.6) is 0 Å². The van der Waals surface area contributed by atoms with Gasteiger partial charge in [-0.15, -0.1) is 0 Å². The lowest BCUT2D eigenvalue weighted by atomic mass is 9.90. The largest absolute Gasteiger partial charge is 0.468 e. The topological polar surface area (TPSA) is 25.2 Å². The van der Waals surface area contributed by atoms with E-state index in [1.165, 1.54) is 24.8 Å². The number of furan rings is 1. The molecular formula is C13H23NO. The number of aryl methyl sites for hydroxylation is 1. The van der Waals surface area contributed by atoms with E-state index in [4.69, 9.17) is 4.42 Å². The Kier molecular flexibility index (Phi) is 4.40. The van der Waals surface area contributed by atoms with Gasteiger partial charge < -0.3 is 9.73 Å². The molecule has 2 nitrogen and oxygen atoms in total. The van der Waals surface area contributed by atoms with E-state index >= 15 is 0 Å². The third-order valence-corrected chi connectivity index (χ3v) is 3.62. The first-order valence-electron chi connectivity index (χ1n) is 5.95. The Hall–Kier alpha value is -0.760. The zero-order valence-electron chi connectivity index (χ0n) is 10.4. The molecule has 0 spiro atoms. The first-order chi connectivity index (χ1) is 7.17. The summed E-state index contributed by atoms with van der Waals surface area (Å²) >= 11 is 0. The summed E-state index contributed by atoms with van der Waals surface area (Å²) in [5.74, 6) is 1.06. The molecule has 2 heteroatoms. The lowest BCUT2D eigenvalue weighted by Crippen LogP contribution is -2.43. The number of rotatable bonds is 6. The van der Waals surface area contributed by atoms with Crippen LogP contribution in [0.15, 0.2) is 16.7 Å². The first-order valence-corrected chi connectivity index (χ1v) is 5.95. The zero-order chi connectivity index (χ0) is 11.3. The van der Waals surface area contributed by atoms with Crippen LogP contribution in [0.4, 0.5) is 0 Å². The van der Waals surface area contributed by atoms with Crippen molar-refractivity contribution in [3.05, 3.63) is 23.7 Å². The van der Waals surface area contributed by atoms with Crippen LogP contribution >= 0.6 is 0 Å². The van der Waals surface area contributed by atoms with E-state index in [-0.39, 0.29) is 5.54 Å². The Balaban J connectivity index is 2.58. The minimum Gasteiger partial charge on any atom is -0.468 e. The molecule has 0 bridgehead atoms. The van der Waals surface area contributed by atoms with Gasteiger partial charge in [-0.25, -0.2) is 0 Å². The van der Waals surface area contributed by atoms with Crippen LogP contribution in [0, 0.1) is 6.92 Å². The summed E-state index contributed by atoms with van der Waals surface area (Å²) in [6, 6.07) is 2.02. The van der Waals surface area contributed by atoms with Gasteiger partial charge in [-0.2, -0.15) is 0 Å². The highest BCUT2D eigenvalue weighted by atomic mass is 16.3. The summed E-state index contributed by atoms with van der Waals surface area (Å²) in [5, 5.41) is 3.63. The van der Waals surface area contributed by atoms with Gasteiger partial charge in [-0.1, -0.05) is 20.8 Å². The molecule has 1 N–H and O–H groups in total. The second-order valence-electron chi connectivity index (χ2n) is 4.22. The van der Waals surface area contributed by atoms with Gasteiger partial charge in [-0.3, -0.25) is 0 Å².